The van der Waals surface area contributed by atoms with Gasteiger partial charge in [0.05, 0.1) is 5.75 Å². The number of nitrogens with zero attached hydrogens (tertiary/aromatic N) is 2. The molecule has 2 rings (SSSR count). The second kappa shape index (κ2) is 6.55. The lowest BCUT2D eigenvalue weighted by Gasteiger charge is -2.07. The van der Waals surface area contributed by atoms with E-state index in [2.05, 4.69) is 10.1 Å². The number of halogens is 1. The normalized spacial score (nSPS) is 13.3. The second-order valence-electron chi connectivity index (χ2n) is 4.55. The zero-order valence-corrected chi connectivity index (χ0v) is 12.9. The van der Waals surface area contributed by atoms with E-state index in [9.17, 15) is 8.42 Å². The van der Waals surface area contributed by atoms with Crippen LogP contribution in [0.1, 0.15) is 24.5 Å². The van der Waals surface area contributed by atoms with Gasteiger partial charge in [-0.1, -0.05) is 16.8 Å². The van der Waals surface area contributed by atoms with Gasteiger partial charge < -0.3 is 9.63 Å². The van der Waals surface area contributed by atoms with E-state index in [0.29, 0.717) is 16.4 Å². The first-order valence-corrected chi connectivity index (χ1v) is 8.45. The van der Waals surface area contributed by atoms with Crippen LogP contribution in [-0.4, -0.2) is 36.0 Å². The lowest BCUT2D eigenvalue weighted by Crippen LogP contribution is -2.15. The topological polar surface area (TPSA) is 93.3 Å². The molecule has 6 nitrogen and oxygen atoms in total. The van der Waals surface area contributed by atoms with Crippen molar-refractivity contribution in [3.05, 3.63) is 35.2 Å². The number of aliphatic hydroxyl groups is 1. The molecular weight excluding hydrogens is 316 g/mol. The number of aliphatic hydroxyl groups excluding tert-OH is 1. The molecule has 1 aromatic carbocycles. The summed E-state index contributed by atoms with van der Waals surface area (Å²) >= 11 is 5.80. The monoisotopic (exact) mass is 330 g/mol. The van der Waals surface area contributed by atoms with E-state index in [1.54, 1.807) is 24.3 Å². The summed E-state index contributed by atoms with van der Waals surface area (Å²) in [5.41, 5.74) is 0.689. The fraction of sp³-hybridized carbons (Fsp3) is 0.385. The Bertz CT molecular complexity index is 697. The lowest BCUT2D eigenvalue weighted by atomic mass is 10.2. The summed E-state index contributed by atoms with van der Waals surface area (Å²) in [5.74, 6) is 0.229. The summed E-state index contributed by atoms with van der Waals surface area (Å²) in [4.78, 5) is 4.12. The fourth-order valence-electron chi connectivity index (χ4n) is 1.71. The quantitative estimate of drug-likeness (QED) is 0.873. The molecule has 0 radical (unpaired) electrons. The highest BCUT2D eigenvalue weighted by Crippen LogP contribution is 2.25. The van der Waals surface area contributed by atoms with Gasteiger partial charge in [-0.15, -0.1) is 0 Å². The van der Waals surface area contributed by atoms with E-state index >= 15 is 0 Å². The molecule has 1 N–H and O–H groups in total. The summed E-state index contributed by atoms with van der Waals surface area (Å²) in [7, 11) is -3.43. The molecule has 0 aliphatic rings. The van der Waals surface area contributed by atoms with E-state index in [4.69, 9.17) is 21.2 Å². The van der Waals surface area contributed by atoms with E-state index in [1.165, 1.54) is 6.92 Å². The van der Waals surface area contributed by atoms with Crippen molar-refractivity contribution in [2.75, 3.05) is 12.4 Å². The molecule has 21 heavy (non-hydrogen) atoms. The Hall–Kier alpha value is -1.44. The molecule has 0 unspecified atom stereocenters. The number of aromatic nitrogens is 2. The molecule has 0 saturated carbocycles. The Morgan fingerprint density at radius 3 is 2.62 bits per heavy atom. The molecule has 1 atom stereocenters. The van der Waals surface area contributed by atoms with Crippen LogP contribution in [0.2, 0.25) is 5.02 Å². The van der Waals surface area contributed by atoms with Gasteiger partial charge in [0.2, 0.25) is 11.7 Å². The minimum absolute atomic E-state index is 0.0397. The highest BCUT2D eigenvalue weighted by Gasteiger charge is 2.27. The largest absolute Gasteiger partial charge is 0.396 e. The number of hydrogen-bond donors (Lipinski definition) is 1. The Morgan fingerprint density at radius 2 is 2.00 bits per heavy atom. The average Bonchev–Trinajstić information content (AvgIpc) is 2.94. The van der Waals surface area contributed by atoms with Crippen LogP contribution in [0.15, 0.2) is 28.8 Å². The third kappa shape index (κ3) is 3.81. The van der Waals surface area contributed by atoms with Gasteiger partial charge >= 0.3 is 0 Å². The van der Waals surface area contributed by atoms with Gasteiger partial charge in [-0.05, 0) is 37.6 Å². The van der Waals surface area contributed by atoms with Gasteiger partial charge in [-0.3, -0.25) is 0 Å². The summed E-state index contributed by atoms with van der Waals surface area (Å²) in [6.07, 6.45) is 0.185. The summed E-state index contributed by atoms with van der Waals surface area (Å²) in [6.45, 7) is 1.32. The van der Waals surface area contributed by atoms with E-state index in [0.717, 1.165) is 0 Å². The first-order chi connectivity index (χ1) is 9.94. The molecule has 8 heteroatoms. The maximum atomic E-state index is 12.0. The minimum Gasteiger partial charge on any atom is -0.396 e. The molecular formula is C13H15ClN2O4S. The van der Waals surface area contributed by atoms with Gasteiger partial charge in [0, 0.05) is 17.2 Å². The van der Waals surface area contributed by atoms with Crippen LogP contribution in [0.25, 0.3) is 11.4 Å². The Balaban J connectivity index is 2.21. The van der Waals surface area contributed by atoms with Gasteiger partial charge in [-0.25, -0.2) is 8.42 Å². The second-order valence-corrected chi connectivity index (χ2v) is 7.43. The van der Waals surface area contributed by atoms with Crippen LogP contribution in [0.3, 0.4) is 0 Å². The molecule has 1 aromatic heterocycles. The summed E-state index contributed by atoms with van der Waals surface area (Å²) in [6, 6.07) is 6.83. The van der Waals surface area contributed by atoms with Crippen LogP contribution >= 0.6 is 11.6 Å². The van der Waals surface area contributed by atoms with Crippen molar-refractivity contribution in [2.24, 2.45) is 0 Å². The van der Waals surface area contributed by atoms with Gasteiger partial charge in [0.25, 0.3) is 0 Å². The Labute approximate surface area is 127 Å². The van der Waals surface area contributed by atoms with Crippen molar-refractivity contribution < 1.29 is 18.0 Å². The zero-order chi connectivity index (χ0) is 15.5. The van der Waals surface area contributed by atoms with Gasteiger partial charge in [0.1, 0.15) is 5.25 Å². The third-order valence-corrected chi connectivity index (χ3v) is 5.41. The van der Waals surface area contributed by atoms with Crippen molar-refractivity contribution in [3.8, 4) is 11.4 Å². The third-order valence-electron chi connectivity index (χ3n) is 3.02. The number of rotatable bonds is 6. The fourth-order valence-corrected chi connectivity index (χ4v) is 3.13. The lowest BCUT2D eigenvalue weighted by molar-refractivity contribution is 0.295. The van der Waals surface area contributed by atoms with Gasteiger partial charge in [-0.2, -0.15) is 4.98 Å². The highest BCUT2D eigenvalue weighted by molar-refractivity contribution is 7.91. The molecule has 0 fully saturated rings. The first kappa shape index (κ1) is 15.9. The van der Waals surface area contributed by atoms with Crippen LogP contribution < -0.4 is 0 Å². The number of benzene rings is 1. The predicted octanol–water partition coefficient (Wildman–Crippen LogP) is 2.25. The smallest absolute Gasteiger partial charge is 0.245 e. The summed E-state index contributed by atoms with van der Waals surface area (Å²) in [5, 5.41) is 12.2. The summed E-state index contributed by atoms with van der Waals surface area (Å²) < 4.78 is 29.1. The van der Waals surface area contributed by atoms with E-state index in [1.807, 2.05) is 0 Å². The highest BCUT2D eigenvalue weighted by atomic mass is 35.5. The standard InChI is InChI=1S/C13H15ClN2O4S/c1-9(21(18,19)8-2-7-17)13-15-12(16-20-13)10-3-5-11(14)6-4-10/h3-6,9,17H,2,7-8H2,1H3/t9-/m1/s1. The number of sulfone groups is 1. The molecule has 0 spiro atoms. The maximum absolute atomic E-state index is 12.0. The first-order valence-electron chi connectivity index (χ1n) is 6.36. The van der Waals surface area contributed by atoms with Crippen LogP contribution in [-0.2, 0) is 9.84 Å². The molecule has 0 aliphatic heterocycles. The van der Waals surface area contributed by atoms with Crippen molar-refractivity contribution >= 4 is 21.4 Å². The average molecular weight is 331 g/mol. The molecule has 1 heterocycles. The minimum atomic E-state index is -3.43. The van der Waals surface area contributed by atoms with Crippen LogP contribution in [0, 0.1) is 0 Å². The Kier molecular flexibility index (Phi) is 4.97. The van der Waals surface area contributed by atoms with Crippen LogP contribution in [0.4, 0.5) is 0 Å². The van der Waals surface area contributed by atoms with Crippen LogP contribution in [0.5, 0.6) is 0 Å². The van der Waals surface area contributed by atoms with Crippen molar-refractivity contribution in [1.82, 2.24) is 10.1 Å². The van der Waals surface area contributed by atoms with E-state index in [-0.39, 0.29) is 24.7 Å². The zero-order valence-electron chi connectivity index (χ0n) is 11.4. The SMILES string of the molecule is C[C@H](c1nc(-c2ccc(Cl)cc2)no1)S(=O)(=O)CCCO. The van der Waals surface area contributed by atoms with Crippen molar-refractivity contribution in [3.63, 3.8) is 0 Å². The molecule has 0 aliphatic carbocycles. The maximum Gasteiger partial charge on any atom is 0.245 e. The van der Waals surface area contributed by atoms with Gasteiger partial charge in [0.15, 0.2) is 9.84 Å². The predicted molar refractivity (Wildman–Crippen MR) is 78.6 cm³/mol. The molecule has 0 bridgehead atoms. The molecule has 0 saturated heterocycles. The van der Waals surface area contributed by atoms with Crippen molar-refractivity contribution in [1.29, 1.82) is 0 Å². The Morgan fingerprint density at radius 1 is 1.33 bits per heavy atom. The van der Waals surface area contributed by atoms with E-state index < -0.39 is 15.1 Å². The van der Waals surface area contributed by atoms with Crippen molar-refractivity contribution in [2.45, 2.75) is 18.6 Å². The number of hydrogen-bond acceptors (Lipinski definition) is 6. The molecule has 0 amide bonds. The molecule has 114 valence electrons. The molecule has 2 aromatic rings.